The van der Waals surface area contributed by atoms with E-state index in [0.717, 1.165) is 43.4 Å². The van der Waals surface area contributed by atoms with Gasteiger partial charge in [0.25, 0.3) is 0 Å². The van der Waals surface area contributed by atoms with Crippen molar-refractivity contribution in [3.8, 4) is 0 Å². The first kappa shape index (κ1) is 22.4. The molecule has 0 saturated carbocycles. The van der Waals surface area contributed by atoms with Gasteiger partial charge in [-0.2, -0.15) is 0 Å². The van der Waals surface area contributed by atoms with E-state index in [1.165, 1.54) is 6.07 Å². The number of hydrogen-bond donors (Lipinski definition) is 3. The van der Waals surface area contributed by atoms with Gasteiger partial charge in [-0.15, -0.1) is 0 Å². The van der Waals surface area contributed by atoms with Gasteiger partial charge in [0, 0.05) is 31.6 Å². The Balaban J connectivity index is 1.20. The average Bonchev–Trinajstić information content (AvgIpc) is 3.44. The number of nitrogens with one attached hydrogen (secondary N) is 2. The van der Waals surface area contributed by atoms with Crippen molar-refractivity contribution >= 4 is 22.9 Å². The minimum atomic E-state index is -1.13. The number of piperidine rings is 2. The van der Waals surface area contributed by atoms with Crippen molar-refractivity contribution in [2.75, 3.05) is 26.2 Å². The number of imidazole rings is 1. The summed E-state index contributed by atoms with van der Waals surface area (Å²) in [6, 6.07) is 9.25. The van der Waals surface area contributed by atoms with Crippen molar-refractivity contribution in [2.24, 2.45) is 11.8 Å². The second-order valence-corrected chi connectivity index (χ2v) is 9.34. The number of hydrogen-bond acceptors (Lipinski definition) is 6. The number of aromatic amines is 1. The van der Waals surface area contributed by atoms with Crippen molar-refractivity contribution in [3.05, 3.63) is 52.3 Å². The zero-order chi connectivity index (χ0) is 23.7. The third-order valence-corrected chi connectivity index (χ3v) is 7.25. The van der Waals surface area contributed by atoms with E-state index in [2.05, 4.69) is 15.5 Å². The van der Waals surface area contributed by atoms with Gasteiger partial charge in [-0.05, 0) is 62.7 Å². The Morgan fingerprint density at radius 3 is 2.71 bits per heavy atom. The van der Waals surface area contributed by atoms with Crippen molar-refractivity contribution in [2.45, 2.75) is 38.1 Å². The van der Waals surface area contributed by atoms with Crippen LogP contribution in [-0.2, 0) is 11.2 Å². The first-order valence-electron chi connectivity index (χ1n) is 11.9. The number of amides is 1. The molecule has 0 aliphatic carbocycles. The molecule has 0 radical (unpaired) electrons. The molecular formula is C24H29N5O5. The Kier molecular flexibility index (Phi) is 6.23. The zero-order valence-corrected chi connectivity index (χ0v) is 18.9. The third-order valence-electron chi connectivity index (χ3n) is 7.25. The second kappa shape index (κ2) is 9.46. The standard InChI is InChI=1S/C24H29N5O5/c30-22(12-15-5-8-25-14-16(15)11-17-13-21(23(31)32)34-27-17)28-9-6-18(7-10-28)29-20-4-2-1-3-19(20)26-24(29)33/h1-4,13,15-16,18,25H,5-12,14H2,(H,26,33)(H,31,32). The summed E-state index contributed by atoms with van der Waals surface area (Å²) in [6.07, 6.45) is 3.43. The largest absolute Gasteiger partial charge is 0.475 e. The summed E-state index contributed by atoms with van der Waals surface area (Å²) in [5, 5.41) is 16.3. The van der Waals surface area contributed by atoms with Crippen molar-refractivity contribution in [1.29, 1.82) is 0 Å². The maximum absolute atomic E-state index is 13.1. The van der Waals surface area contributed by atoms with E-state index in [0.29, 0.717) is 31.6 Å². The lowest BCUT2D eigenvalue weighted by atomic mass is 9.81. The fourth-order valence-corrected chi connectivity index (χ4v) is 5.43. The van der Waals surface area contributed by atoms with E-state index < -0.39 is 5.97 Å². The molecule has 2 unspecified atom stereocenters. The molecule has 2 atom stereocenters. The first-order valence-corrected chi connectivity index (χ1v) is 11.9. The molecule has 3 N–H and O–H groups in total. The number of rotatable bonds is 6. The van der Waals surface area contributed by atoms with Crippen LogP contribution in [0.5, 0.6) is 0 Å². The Morgan fingerprint density at radius 1 is 1.15 bits per heavy atom. The van der Waals surface area contributed by atoms with E-state index in [9.17, 15) is 14.4 Å². The highest BCUT2D eigenvalue weighted by molar-refractivity contribution is 5.84. The number of aromatic carboxylic acids is 1. The molecule has 1 aromatic carbocycles. The highest BCUT2D eigenvalue weighted by Gasteiger charge is 2.32. The number of carboxylic acids is 1. The summed E-state index contributed by atoms with van der Waals surface area (Å²) in [5.74, 6) is -0.762. The summed E-state index contributed by atoms with van der Waals surface area (Å²) in [6.45, 7) is 2.89. The molecular weight excluding hydrogens is 438 g/mol. The van der Waals surface area contributed by atoms with Gasteiger partial charge in [-0.25, -0.2) is 9.59 Å². The molecule has 10 heteroatoms. The van der Waals surface area contributed by atoms with Gasteiger partial charge in [0.15, 0.2) is 0 Å². The molecule has 2 fully saturated rings. The molecule has 2 aliphatic heterocycles. The summed E-state index contributed by atoms with van der Waals surface area (Å²) < 4.78 is 6.72. The van der Waals surface area contributed by atoms with Crippen LogP contribution in [0.25, 0.3) is 11.0 Å². The van der Waals surface area contributed by atoms with Gasteiger partial charge in [-0.3, -0.25) is 9.36 Å². The first-order chi connectivity index (χ1) is 16.5. The van der Waals surface area contributed by atoms with Crippen molar-refractivity contribution < 1.29 is 19.2 Å². The molecule has 3 aromatic rings. The van der Waals surface area contributed by atoms with E-state index in [4.69, 9.17) is 9.63 Å². The third kappa shape index (κ3) is 4.50. The van der Waals surface area contributed by atoms with Crippen LogP contribution in [0.4, 0.5) is 0 Å². The van der Waals surface area contributed by atoms with Crippen LogP contribution in [0.15, 0.2) is 39.6 Å². The Hall–Kier alpha value is -3.40. The van der Waals surface area contributed by atoms with Crippen LogP contribution in [0.2, 0.25) is 0 Å². The quantitative estimate of drug-likeness (QED) is 0.505. The molecule has 4 heterocycles. The number of aromatic nitrogens is 3. The van der Waals surface area contributed by atoms with Crippen LogP contribution in [0, 0.1) is 11.8 Å². The molecule has 0 spiro atoms. The van der Waals surface area contributed by atoms with Gasteiger partial charge in [-0.1, -0.05) is 17.3 Å². The lowest BCUT2D eigenvalue weighted by molar-refractivity contribution is -0.134. The highest BCUT2D eigenvalue weighted by Crippen LogP contribution is 2.29. The summed E-state index contributed by atoms with van der Waals surface area (Å²) >= 11 is 0. The number of fused-ring (bicyclic) bond motifs is 1. The Bertz CT molecular complexity index is 1240. The molecule has 180 valence electrons. The minimum Gasteiger partial charge on any atom is -0.475 e. The number of para-hydroxylation sites is 2. The Labute approximate surface area is 195 Å². The van der Waals surface area contributed by atoms with Crippen LogP contribution >= 0.6 is 0 Å². The summed E-state index contributed by atoms with van der Waals surface area (Å²) in [4.78, 5) is 41.6. The van der Waals surface area contributed by atoms with Crippen LogP contribution < -0.4 is 11.0 Å². The monoisotopic (exact) mass is 467 g/mol. The van der Waals surface area contributed by atoms with Crippen molar-refractivity contribution in [1.82, 2.24) is 24.9 Å². The highest BCUT2D eigenvalue weighted by atomic mass is 16.5. The number of benzene rings is 1. The molecule has 10 nitrogen and oxygen atoms in total. The number of carboxylic acid groups (broad SMARTS) is 1. The molecule has 5 rings (SSSR count). The number of nitrogens with zero attached hydrogens (tertiary/aromatic N) is 3. The molecule has 1 amide bonds. The summed E-state index contributed by atoms with van der Waals surface area (Å²) in [5.41, 5.74) is 2.26. The van der Waals surface area contributed by atoms with Gasteiger partial charge < -0.3 is 24.8 Å². The summed E-state index contributed by atoms with van der Waals surface area (Å²) in [7, 11) is 0. The lowest BCUT2D eigenvalue weighted by Crippen LogP contribution is -2.44. The lowest BCUT2D eigenvalue weighted by Gasteiger charge is -2.36. The average molecular weight is 468 g/mol. The van der Waals surface area contributed by atoms with Crippen LogP contribution in [-0.4, -0.2) is 62.8 Å². The number of likely N-dealkylation sites (tertiary alicyclic amines) is 1. The maximum atomic E-state index is 13.1. The predicted octanol–water partition coefficient (Wildman–Crippen LogP) is 2.04. The Morgan fingerprint density at radius 2 is 1.94 bits per heavy atom. The maximum Gasteiger partial charge on any atom is 0.374 e. The number of carbonyl (C=O) groups excluding carboxylic acids is 1. The minimum absolute atomic E-state index is 0.0786. The second-order valence-electron chi connectivity index (χ2n) is 9.34. The zero-order valence-electron chi connectivity index (χ0n) is 18.9. The SMILES string of the molecule is O=C(O)c1cc(CC2CNCCC2CC(=O)N2CCC(n3c(=O)[nH]c4ccccc43)CC2)no1. The normalized spacial score (nSPS) is 21.7. The van der Waals surface area contributed by atoms with E-state index in [1.54, 1.807) is 0 Å². The molecule has 2 aromatic heterocycles. The molecule has 0 bridgehead atoms. The fraction of sp³-hybridized carbons (Fsp3) is 0.500. The van der Waals surface area contributed by atoms with Gasteiger partial charge in [0.2, 0.25) is 11.7 Å². The van der Waals surface area contributed by atoms with E-state index in [1.807, 2.05) is 33.7 Å². The van der Waals surface area contributed by atoms with E-state index >= 15 is 0 Å². The molecule has 2 aliphatic rings. The van der Waals surface area contributed by atoms with Gasteiger partial charge in [0.05, 0.1) is 16.7 Å². The predicted molar refractivity (Wildman–Crippen MR) is 124 cm³/mol. The van der Waals surface area contributed by atoms with Crippen LogP contribution in [0.3, 0.4) is 0 Å². The topological polar surface area (TPSA) is 133 Å². The number of carbonyl (C=O) groups is 2. The van der Waals surface area contributed by atoms with Gasteiger partial charge in [0.1, 0.15) is 0 Å². The van der Waals surface area contributed by atoms with Crippen LogP contribution in [0.1, 0.15) is 48.0 Å². The molecule has 34 heavy (non-hydrogen) atoms. The smallest absolute Gasteiger partial charge is 0.374 e. The van der Waals surface area contributed by atoms with Crippen molar-refractivity contribution in [3.63, 3.8) is 0 Å². The van der Waals surface area contributed by atoms with E-state index in [-0.39, 0.29) is 35.2 Å². The molecule has 2 saturated heterocycles. The number of H-pyrrole nitrogens is 1. The van der Waals surface area contributed by atoms with Gasteiger partial charge >= 0.3 is 11.7 Å². The fourth-order valence-electron chi connectivity index (χ4n) is 5.43.